The summed E-state index contributed by atoms with van der Waals surface area (Å²) in [5.41, 5.74) is 0.527. The molecule has 1 unspecified atom stereocenters. The third kappa shape index (κ3) is 6.66. The molecule has 0 saturated carbocycles. The average molecular weight is 739 g/mol. The van der Waals surface area contributed by atoms with Crippen LogP contribution in [0, 0.1) is 30.9 Å². The molecule has 0 amide bonds. The number of halogens is 2. The van der Waals surface area contributed by atoms with Crippen LogP contribution in [0.4, 0.5) is 14.6 Å². The lowest BCUT2D eigenvalue weighted by molar-refractivity contribution is 0.108. The number of rotatable bonds is 11. The number of terminal acetylenes is 1. The third-order valence-electron chi connectivity index (χ3n) is 11.4. The SMILES string of the molecule is C#Cc1c(F)ccc2cc(O)cc(-c3nc4c5c(nc(OCC67CCCN6CCC7)nc5c3F)NC(CN(CCCC)Cc3oc(=O)oc3C)CCC4)c12. The van der Waals surface area contributed by atoms with E-state index < -0.39 is 17.5 Å². The zero-order valence-corrected chi connectivity index (χ0v) is 30.6. The molecule has 0 spiro atoms. The van der Waals surface area contributed by atoms with Gasteiger partial charge in [0.25, 0.3) is 0 Å². The lowest BCUT2D eigenvalue weighted by atomic mass is 9.94. The van der Waals surface area contributed by atoms with Crippen molar-refractivity contribution in [3.8, 4) is 35.4 Å². The summed E-state index contributed by atoms with van der Waals surface area (Å²) in [6.07, 6.45) is 13.8. The number of pyridine rings is 1. The number of nitrogens with one attached hydrogen (secondary N) is 1. The second-order valence-corrected chi connectivity index (χ2v) is 14.9. The normalized spacial score (nSPS) is 18.1. The van der Waals surface area contributed by atoms with E-state index in [-0.39, 0.29) is 51.1 Å². The van der Waals surface area contributed by atoms with Crippen LogP contribution in [0.2, 0.25) is 0 Å². The quantitative estimate of drug-likeness (QED) is 0.135. The van der Waals surface area contributed by atoms with Gasteiger partial charge in [-0.1, -0.05) is 25.3 Å². The van der Waals surface area contributed by atoms with Gasteiger partial charge in [0.05, 0.1) is 28.7 Å². The first kappa shape index (κ1) is 35.9. The zero-order valence-electron chi connectivity index (χ0n) is 30.6. The molecule has 2 fully saturated rings. The maximum Gasteiger partial charge on any atom is 0.519 e. The number of aromatic nitrogens is 3. The molecule has 2 aromatic carbocycles. The van der Waals surface area contributed by atoms with E-state index in [1.165, 1.54) is 24.3 Å². The molecule has 11 nitrogen and oxygen atoms in total. The zero-order chi connectivity index (χ0) is 37.6. The molecule has 13 heteroatoms. The Balaban J connectivity index is 1.23. The van der Waals surface area contributed by atoms with Gasteiger partial charge in [-0.05, 0) is 102 Å². The number of anilines is 1. The minimum atomic E-state index is -0.753. The number of benzene rings is 2. The lowest BCUT2D eigenvalue weighted by Crippen LogP contribution is -2.43. The fourth-order valence-electron chi connectivity index (χ4n) is 8.73. The number of aromatic hydroxyl groups is 1. The highest BCUT2D eigenvalue weighted by atomic mass is 19.1. The van der Waals surface area contributed by atoms with Crippen molar-refractivity contribution in [2.24, 2.45) is 0 Å². The van der Waals surface area contributed by atoms with Gasteiger partial charge in [-0.2, -0.15) is 9.97 Å². The number of aryl methyl sites for hydroxylation is 2. The number of nitrogens with zero attached hydrogens (tertiary/aromatic N) is 5. The molecular weight excluding hydrogens is 694 g/mol. The minimum absolute atomic E-state index is 0.0177. The predicted octanol–water partition coefficient (Wildman–Crippen LogP) is 7.09. The molecule has 2 saturated heterocycles. The number of hydrogen-bond donors (Lipinski definition) is 2. The van der Waals surface area contributed by atoms with Gasteiger partial charge in [-0.25, -0.2) is 18.6 Å². The largest absolute Gasteiger partial charge is 0.519 e. The van der Waals surface area contributed by atoms with Crippen LogP contribution in [-0.4, -0.2) is 74.2 Å². The Morgan fingerprint density at radius 2 is 1.94 bits per heavy atom. The molecular formula is C41H44F2N6O5. The van der Waals surface area contributed by atoms with E-state index in [9.17, 15) is 9.90 Å². The fraction of sp³-hybridized carbons (Fsp3) is 0.463. The van der Waals surface area contributed by atoms with E-state index in [4.69, 9.17) is 34.9 Å². The topological polar surface area (TPSA) is 130 Å². The molecule has 6 heterocycles. The maximum atomic E-state index is 17.2. The number of unbranched alkanes of at least 4 members (excludes halogenated alkanes) is 1. The summed E-state index contributed by atoms with van der Waals surface area (Å²) < 4.78 is 49.2. The second kappa shape index (κ2) is 14.6. The van der Waals surface area contributed by atoms with Crippen molar-refractivity contribution in [2.45, 2.75) is 89.8 Å². The monoisotopic (exact) mass is 738 g/mol. The Kier molecular flexibility index (Phi) is 9.74. The van der Waals surface area contributed by atoms with Crippen LogP contribution in [-0.2, 0) is 13.0 Å². The molecule has 54 heavy (non-hydrogen) atoms. The highest BCUT2D eigenvalue weighted by molar-refractivity contribution is 6.03. The van der Waals surface area contributed by atoms with Crippen LogP contribution in [0.5, 0.6) is 11.8 Å². The number of fused-ring (bicyclic) bond motifs is 2. The van der Waals surface area contributed by atoms with Crippen molar-refractivity contribution in [2.75, 3.05) is 38.1 Å². The molecule has 0 bridgehead atoms. The van der Waals surface area contributed by atoms with Gasteiger partial charge in [0, 0.05) is 23.5 Å². The van der Waals surface area contributed by atoms with Crippen LogP contribution in [0.3, 0.4) is 0 Å². The molecule has 8 rings (SSSR count). The Hall–Kier alpha value is -5.06. The van der Waals surface area contributed by atoms with Gasteiger partial charge in [0.1, 0.15) is 41.0 Å². The van der Waals surface area contributed by atoms with Gasteiger partial charge in [-0.15, -0.1) is 6.42 Å². The molecule has 282 valence electrons. The van der Waals surface area contributed by atoms with Crippen molar-refractivity contribution in [3.63, 3.8) is 0 Å². The third-order valence-corrected chi connectivity index (χ3v) is 11.4. The molecule has 2 N–H and O–H groups in total. The second-order valence-electron chi connectivity index (χ2n) is 14.9. The van der Waals surface area contributed by atoms with E-state index in [0.717, 1.165) is 64.6 Å². The highest BCUT2D eigenvalue weighted by Gasteiger charge is 2.45. The summed E-state index contributed by atoms with van der Waals surface area (Å²) in [5, 5.41) is 15.5. The van der Waals surface area contributed by atoms with Crippen molar-refractivity contribution in [1.82, 2.24) is 24.8 Å². The molecule has 0 aliphatic carbocycles. The molecule has 5 aromatic rings. The Labute approximate surface area is 311 Å². The van der Waals surface area contributed by atoms with E-state index in [0.29, 0.717) is 66.3 Å². The van der Waals surface area contributed by atoms with E-state index in [1.54, 1.807) is 6.92 Å². The first-order valence-electron chi connectivity index (χ1n) is 18.9. The summed E-state index contributed by atoms with van der Waals surface area (Å²) in [6.45, 7) is 8.04. The van der Waals surface area contributed by atoms with Crippen LogP contribution in [0.1, 0.15) is 81.1 Å². The lowest BCUT2D eigenvalue weighted by Gasteiger charge is -2.32. The van der Waals surface area contributed by atoms with Crippen molar-refractivity contribution >= 4 is 27.5 Å². The summed E-state index contributed by atoms with van der Waals surface area (Å²) in [6, 6.07) is 5.51. The Bertz CT molecular complexity index is 2320. The Morgan fingerprint density at radius 1 is 1.13 bits per heavy atom. The first-order valence-corrected chi connectivity index (χ1v) is 18.9. The first-order chi connectivity index (χ1) is 26.2. The van der Waals surface area contributed by atoms with Crippen LogP contribution in [0.25, 0.3) is 32.9 Å². The molecule has 3 aliphatic heterocycles. The maximum absolute atomic E-state index is 17.2. The number of hydrogen-bond acceptors (Lipinski definition) is 11. The van der Waals surface area contributed by atoms with Gasteiger partial charge >= 0.3 is 11.8 Å². The summed E-state index contributed by atoms with van der Waals surface area (Å²) in [5.74, 6) is 1.54. The smallest absolute Gasteiger partial charge is 0.508 e. The Morgan fingerprint density at radius 3 is 2.69 bits per heavy atom. The van der Waals surface area contributed by atoms with Crippen molar-refractivity contribution < 1.29 is 27.5 Å². The predicted molar refractivity (Wildman–Crippen MR) is 201 cm³/mol. The van der Waals surface area contributed by atoms with E-state index >= 15 is 8.78 Å². The van der Waals surface area contributed by atoms with Crippen molar-refractivity contribution in [1.29, 1.82) is 0 Å². The van der Waals surface area contributed by atoms with E-state index in [1.807, 2.05) is 0 Å². The molecule has 3 aromatic heterocycles. The molecule has 1 atom stereocenters. The van der Waals surface area contributed by atoms with Crippen LogP contribution >= 0.6 is 0 Å². The summed E-state index contributed by atoms with van der Waals surface area (Å²) in [7, 11) is 0. The average Bonchev–Trinajstić information content (AvgIpc) is 3.82. The van der Waals surface area contributed by atoms with Gasteiger partial charge in [0.15, 0.2) is 11.6 Å². The van der Waals surface area contributed by atoms with Gasteiger partial charge in [0.2, 0.25) is 0 Å². The standard InChI is InChI=1S/C41H44F2N6O5/c1-4-6-16-48(22-32-24(3)53-40(51)54-32)21-26-10-7-11-31-34-37(46-39(47-38(34)44-26)52-23-41-14-8-17-49(41)18-9-15-41)35(43)36(45-31)29-20-27(50)19-25-12-13-30(42)28(5-2)33(25)29/h2,12-13,19-20,26,50H,4,6-11,14-18,21-23H2,1,3H3,(H,44,46,47). The van der Waals surface area contributed by atoms with Crippen molar-refractivity contribution in [3.05, 3.63) is 69.3 Å². The van der Waals surface area contributed by atoms with E-state index in [2.05, 4.69) is 28.0 Å². The number of phenols is 1. The number of ether oxygens (including phenoxy) is 1. The van der Waals surface area contributed by atoms with Crippen LogP contribution < -0.4 is 15.9 Å². The summed E-state index contributed by atoms with van der Waals surface area (Å²) in [4.78, 5) is 31.0. The molecule has 3 aliphatic rings. The van der Waals surface area contributed by atoms with Crippen LogP contribution in [0.15, 0.2) is 37.9 Å². The highest BCUT2D eigenvalue weighted by Crippen LogP contribution is 2.42. The summed E-state index contributed by atoms with van der Waals surface area (Å²) >= 11 is 0. The van der Waals surface area contributed by atoms with Gasteiger partial charge in [-0.3, -0.25) is 9.80 Å². The van der Waals surface area contributed by atoms with Gasteiger partial charge < -0.3 is 24.0 Å². The number of phenolic OH excluding ortho intramolecular Hbond substituents is 1. The molecule has 0 radical (unpaired) electrons. The minimum Gasteiger partial charge on any atom is -0.508 e. The fourth-order valence-corrected chi connectivity index (χ4v) is 8.73.